The highest BCUT2D eigenvalue weighted by Crippen LogP contribution is 2.22. The lowest BCUT2D eigenvalue weighted by molar-refractivity contribution is -0.116. The van der Waals surface area contributed by atoms with Gasteiger partial charge in [0.25, 0.3) is 11.8 Å². The topological polar surface area (TPSA) is 92.3 Å². The molecule has 1 aliphatic rings. The summed E-state index contributed by atoms with van der Waals surface area (Å²) in [7, 11) is 0. The first kappa shape index (κ1) is 12.4. The minimum atomic E-state index is -0.490. The number of hydrogen-bond acceptors (Lipinski definition) is 6. The van der Waals surface area contributed by atoms with E-state index in [0.29, 0.717) is 16.3 Å². The second-order valence-corrected chi connectivity index (χ2v) is 4.87. The average Bonchev–Trinajstić information content (AvgIpc) is 3.03. The normalized spacial score (nSPS) is 13.5. The van der Waals surface area contributed by atoms with Crippen LogP contribution in [0.4, 0.5) is 5.13 Å². The third kappa shape index (κ3) is 2.05. The first-order valence-electron chi connectivity index (χ1n) is 5.68. The Labute approximate surface area is 117 Å². The molecule has 1 aromatic heterocycles. The molecule has 1 aromatic carbocycles. The molecule has 20 heavy (non-hydrogen) atoms. The summed E-state index contributed by atoms with van der Waals surface area (Å²) in [6.45, 7) is -0.341. The molecule has 0 aliphatic carbocycles. The van der Waals surface area contributed by atoms with E-state index in [-0.39, 0.29) is 6.54 Å². The average molecular weight is 288 g/mol. The summed E-state index contributed by atoms with van der Waals surface area (Å²) in [6.07, 6.45) is 0. The van der Waals surface area contributed by atoms with Crippen molar-refractivity contribution in [2.45, 2.75) is 0 Å². The zero-order chi connectivity index (χ0) is 14.1. The first-order valence-corrected chi connectivity index (χ1v) is 6.56. The van der Waals surface area contributed by atoms with Gasteiger partial charge in [0, 0.05) is 0 Å². The molecule has 0 spiro atoms. The molecule has 0 atom stereocenters. The number of aromatic nitrogens is 2. The molecule has 100 valence electrons. The number of amides is 3. The molecule has 1 N–H and O–H groups in total. The summed E-state index contributed by atoms with van der Waals surface area (Å²) in [4.78, 5) is 36.8. The van der Waals surface area contributed by atoms with Gasteiger partial charge in [-0.25, -0.2) is 0 Å². The Morgan fingerprint density at radius 3 is 2.40 bits per heavy atom. The van der Waals surface area contributed by atoms with Crippen LogP contribution in [0.5, 0.6) is 0 Å². The summed E-state index contributed by atoms with van der Waals surface area (Å²) < 4.78 is 0. The van der Waals surface area contributed by atoms with E-state index in [1.807, 2.05) is 0 Å². The van der Waals surface area contributed by atoms with Gasteiger partial charge in [-0.1, -0.05) is 23.5 Å². The lowest BCUT2D eigenvalue weighted by Crippen LogP contribution is -2.37. The van der Waals surface area contributed by atoms with Crippen LogP contribution in [0.3, 0.4) is 0 Å². The van der Waals surface area contributed by atoms with Crippen LogP contribution in [0, 0.1) is 0 Å². The highest BCUT2D eigenvalue weighted by molar-refractivity contribution is 7.13. The fourth-order valence-electron chi connectivity index (χ4n) is 1.91. The third-order valence-corrected chi connectivity index (χ3v) is 3.39. The van der Waals surface area contributed by atoms with Crippen molar-refractivity contribution in [1.82, 2.24) is 15.1 Å². The van der Waals surface area contributed by atoms with E-state index < -0.39 is 17.7 Å². The molecular formula is C12H8N4O3S. The quantitative estimate of drug-likeness (QED) is 0.842. The molecular weight excluding hydrogens is 280 g/mol. The van der Waals surface area contributed by atoms with E-state index in [2.05, 4.69) is 15.5 Å². The summed E-state index contributed by atoms with van der Waals surface area (Å²) >= 11 is 1.16. The zero-order valence-corrected chi connectivity index (χ0v) is 10.9. The molecule has 3 amide bonds. The number of rotatable bonds is 3. The van der Waals surface area contributed by atoms with Crippen molar-refractivity contribution in [1.29, 1.82) is 0 Å². The lowest BCUT2D eigenvalue weighted by Gasteiger charge is -2.12. The van der Waals surface area contributed by atoms with Crippen LogP contribution in [-0.2, 0) is 4.79 Å². The Hall–Kier alpha value is -2.61. The van der Waals surface area contributed by atoms with Gasteiger partial charge in [0.05, 0.1) is 11.1 Å². The largest absolute Gasteiger partial charge is 0.299 e. The first-order chi connectivity index (χ1) is 9.66. The maximum absolute atomic E-state index is 12.0. The smallest absolute Gasteiger partial charge is 0.262 e. The molecule has 3 rings (SSSR count). The molecule has 0 saturated carbocycles. The Kier molecular flexibility index (Phi) is 2.99. The SMILES string of the molecule is O=C(CN1C(=O)c2ccccc2C1=O)Nc1nncs1. The molecule has 2 heterocycles. The fourth-order valence-corrected chi connectivity index (χ4v) is 2.37. The Bertz CT molecular complexity index is 663. The number of carbonyl (C=O) groups excluding carboxylic acids is 3. The van der Waals surface area contributed by atoms with Gasteiger partial charge in [0.1, 0.15) is 12.1 Å². The molecule has 2 aromatic rings. The number of fused-ring (bicyclic) bond motifs is 1. The van der Waals surface area contributed by atoms with Gasteiger partial charge < -0.3 is 0 Å². The van der Waals surface area contributed by atoms with Crippen molar-refractivity contribution in [3.05, 3.63) is 40.9 Å². The van der Waals surface area contributed by atoms with E-state index >= 15 is 0 Å². The summed E-state index contributed by atoms with van der Waals surface area (Å²) in [6, 6.07) is 6.49. The number of imide groups is 1. The highest BCUT2D eigenvalue weighted by atomic mass is 32.1. The molecule has 0 saturated heterocycles. The van der Waals surface area contributed by atoms with Gasteiger partial charge in [-0.05, 0) is 12.1 Å². The maximum atomic E-state index is 12.0. The Balaban J connectivity index is 1.75. The predicted octanol–water partition coefficient (Wildman–Crippen LogP) is 0.773. The van der Waals surface area contributed by atoms with Crippen LogP contribution in [-0.4, -0.2) is 39.4 Å². The Morgan fingerprint density at radius 1 is 1.20 bits per heavy atom. The molecule has 0 unspecified atom stereocenters. The minimum Gasteiger partial charge on any atom is -0.299 e. The highest BCUT2D eigenvalue weighted by Gasteiger charge is 2.36. The van der Waals surface area contributed by atoms with Crippen LogP contribution in [0.1, 0.15) is 20.7 Å². The number of nitrogens with zero attached hydrogens (tertiary/aromatic N) is 3. The summed E-state index contributed by atoms with van der Waals surface area (Å²) in [5, 5.41) is 10.0. The van der Waals surface area contributed by atoms with Crippen LogP contribution in [0.25, 0.3) is 0 Å². The number of carbonyl (C=O) groups is 3. The number of benzene rings is 1. The molecule has 1 aliphatic heterocycles. The molecule has 0 fully saturated rings. The Morgan fingerprint density at radius 2 is 1.85 bits per heavy atom. The molecule has 7 nitrogen and oxygen atoms in total. The van der Waals surface area contributed by atoms with Gasteiger partial charge in [-0.3, -0.25) is 24.6 Å². The lowest BCUT2D eigenvalue weighted by atomic mass is 10.1. The van der Waals surface area contributed by atoms with E-state index in [9.17, 15) is 14.4 Å². The van der Waals surface area contributed by atoms with Crippen molar-refractivity contribution in [3.63, 3.8) is 0 Å². The second-order valence-electron chi connectivity index (χ2n) is 4.03. The zero-order valence-electron chi connectivity index (χ0n) is 10.1. The van der Waals surface area contributed by atoms with Crippen molar-refractivity contribution in [2.75, 3.05) is 11.9 Å². The van der Waals surface area contributed by atoms with Gasteiger partial charge in [-0.2, -0.15) is 0 Å². The van der Waals surface area contributed by atoms with Gasteiger partial charge in [0.15, 0.2) is 0 Å². The molecule has 0 bridgehead atoms. The van der Waals surface area contributed by atoms with E-state index in [1.165, 1.54) is 5.51 Å². The second kappa shape index (κ2) is 4.82. The van der Waals surface area contributed by atoms with E-state index in [0.717, 1.165) is 16.2 Å². The fraction of sp³-hybridized carbons (Fsp3) is 0.0833. The monoisotopic (exact) mass is 288 g/mol. The van der Waals surface area contributed by atoms with Crippen LogP contribution >= 0.6 is 11.3 Å². The van der Waals surface area contributed by atoms with Gasteiger partial charge in [-0.15, -0.1) is 10.2 Å². The van der Waals surface area contributed by atoms with Crippen LogP contribution < -0.4 is 5.32 Å². The van der Waals surface area contributed by atoms with Crippen molar-refractivity contribution in [3.8, 4) is 0 Å². The minimum absolute atomic E-state index is 0.321. The standard InChI is InChI=1S/C12H8N4O3S/c17-9(14-12-15-13-6-20-12)5-16-10(18)7-3-1-2-4-8(7)11(16)19/h1-4,6H,5H2,(H,14,15,17). The number of nitrogens with one attached hydrogen (secondary N) is 1. The third-order valence-electron chi connectivity index (χ3n) is 2.79. The van der Waals surface area contributed by atoms with E-state index in [1.54, 1.807) is 24.3 Å². The molecule has 0 radical (unpaired) electrons. The predicted molar refractivity (Wildman–Crippen MR) is 70.3 cm³/mol. The molecule has 8 heteroatoms. The van der Waals surface area contributed by atoms with Crippen molar-refractivity contribution >= 4 is 34.2 Å². The van der Waals surface area contributed by atoms with Gasteiger partial charge >= 0.3 is 0 Å². The van der Waals surface area contributed by atoms with E-state index in [4.69, 9.17) is 0 Å². The number of hydrogen-bond donors (Lipinski definition) is 1. The van der Waals surface area contributed by atoms with Crippen molar-refractivity contribution in [2.24, 2.45) is 0 Å². The summed E-state index contributed by atoms with van der Waals surface area (Å²) in [5.41, 5.74) is 2.11. The summed E-state index contributed by atoms with van der Waals surface area (Å²) in [5.74, 6) is -1.41. The van der Waals surface area contributed by atoms with Crippen LogP contribution in [0.2, 0.25) is 0 Å². The van der Waals surface area contributed by atoms with Crippen LogP contribution in [0.15, 0.2) is 29.8 Å². The maximum Gasteiger partial charge on any atom is 0.262 e. The van der Waals surface area contributed by atoms with Crippen molar-refractivity contribution < 1.29 is 14.4 Å². The number of anilines is 1. The van der Waals surface area contributed by atoms with Gasteiger partial charge in [0.2, 0.25) is 11.0 Å².